The van der Waals surface area contributed by atoms with E-state index in [1.54, 1.807) is 0 Å². The lowest BCUT2D eigenvalue weighted by molar-refractivity contribution is -0.384. The fourth-order valence-corrected chi connectivity index (χ4v) is 1.47. The van der Waals surface area contributed by atoms with Gasteiger partial charge in [-0.05, 0) is 12.1 Å². The van der Waals surface area contributed by atoms with Crippen molar-refractivity contribution in [2.24, 2.45) is 0 Å². The maximum Gasteiger partial charge on any atom is 0.338 e. The molecule has 0 aliphatic rings. The summed E-state index contributed by atoms with van der Waals surface area (Å²) in [5.74, 6) is -1.29. The van der Waals surface area contributed by atoms with Gasteiger partial charge in [0.15, 0.2) is 6.61 Å². The molecule has 0 aromatic heterocycles. The molecule has 0 radical (unpaired) electrons. The summed E-state index contributed by atoms with van der Waals surface area (Å²) in [6.45, 7) is 3.22. The molecule has 1 rings (SSSR count). The summed E-state index contributed by atoms with van der Waals surface area (Å²) in [6, 6.07) is 3.87. The molecule has 0 saturated heterocycles. The van der Waals surface area contributed by atoms with Gasteiger partial charge < -0.3 is 15.4 Å². The van der Waals surface area contributed by atoms with E-state index in [4.69, 9.17) is 4.74 Å². The predicted molar refractivity (Wildman–Crippen MR) is 76.1 cm³/mol. The molecule has 8 heteroatoms. The van der Waals surface area contributed by atoms with Crippen molar-refractivity contribution in [2.45, 2.75) is 0 Å². The van der Waals surface area contributed by atoms with Gasteiger partial charge >= 0.3 is 5.97 Å². The first-order valence-corrected chi connectivity index (χ1v) is 6.00. The van der Waals surface area contributed by atoms with Gasteiger partial charge in [0.05, 0.1) is 10.5 Å². The topological polar surface area (TPSA) is 111 Å². The maximum atomic E-state index is 11.7. The normalized spacial score (nSPS) is 9.57. The Morgan fingerprint density at radius 2 is 2.19 bits per heavy atom. The minimum atomic E-state index is -0.811. The Morgan fingerprint density at radius 1 is 1.48 bits per heavy atom. The Hall–Kier alpha value is -2.90. The number of amides is 1. The number of carbonyl (C=O) groups excluding carboxylic acids is 2. The van der Waals surface area contributed by atoms with Gasteiger partial charge in [-0.1, -0.05) is 6.08 Å². The lowest BCUT2D eigenvalue weighted by atomic mass is 10.1. The van der Waals surface area contributed by atoms with Gasteiger partial charge in [0.25, 0.3) is 11.6 Å². The molecule has 0 fully saturated rings. The lowest BCUT2D eigenvalue weighted by Gasteiger charge is -2.06. The quantitative estimate of drug-likeness (QED) is 0.337. The van der Waals surface area contributed by atoms with E-state index in [0.29, 0.717) is 0 Å². The fourth-order valence-electron chi connectivity index (χ4n) is 1.47. The van der Waals surface area contributed by atoms with Crippen molar-refractivity contribution in [1.82, 2.24) is 5.32 Å². The van der Waals surface area contributed by atoms with Crippen LogP contribution in [-0.4, -0.2) is 37.0 Å². The monoisotopic (exact) mass is 293 g/mol. The van der Waals surface area contributed by atoms with Gasteiger partial charge in [0.2, 0.25) is 0 Å². The number of nitro benzene ring substituents is 1. The van der Waals surface area contributed by atoms with E-state index in [9.17, 15) is 19.7 Å². The molecule has 0 heterocycles. The molecule has 1 amide bonds. The van der Waals surface area contributed by atoms with Crippen molar-refractivity contribution in [3.63, 3.8) is 0 Å². The molecule has 0 spiro atoms. The van der Waals surface area contributed by atoms with Crippen LogP contribution >= 0.6 is 0 Å². The summed E-state index contributed by atoms with van der Waals surface area (Å²) in [6.07, 6.45) is 1.49. The molecule has 0 saturated carbocycles. The summed E-state index contributed by atoms with van der Waals surface area (Å²) in [5, 5.41) is 16.0. The van der Waals surface area contributed by atoms with Crippen molar-refractivity contribution >= 4 is 23.3 Å². The highest BCUT2D eigenvalue weighted by atomic mass is 16.6. The van der Waals surface area contributed by atoms with E-state index in [0.717, 1.165) is 6.07 Å². The Balaban J connectivity index is 2.74. The summed E-state index contributed by atoms with van der Waals surface area (Å²) >= 11 is 0. The van der Waals surface area contributed by atoms with Gasteiger partial charge in [-0.3, -0.25) is 14.9 Å². The second kappa shape index (κ2) is 7.63. The first kappa shape index (κ1) is 16.2. The fraction of sp³-hybridized carbons (Fsp3) is 0.231. The van der Waals surface area contributed by atoms with E-state index in [1.807, 2.05) is 0 Å². The molecule has 112 valence electrons. The maximum absolute atomic E-state index is 11.7. The Bertz CT molecular complexity index is 571. The van der Waals surface area contributed by atoms with Crippen molar-refractivity contribution in [1.29, 1.82) is 0 Å². The molecular formula is C13H15N3O5. The van der Waals surface area contributed by atoms with E-state index < -0.39 is 23.4 Å². The second-order valence-corrected chi connectivity index (χ2v) is 3.91. The number of hydrogen-bond donors (Lipinski definition) is 2. The number of anilines is 1. The second-order valence-electron chi connectivity index (χ2n) is 3.91. The van der Waals surface area contributed by atoms with Crippen LogP contribution in [0, 0.1) is 10.1 Å². The summed E-state index contributed by atoms with van der Waals surface area (Å²) in [7, 11) is 1.53. The molecule has 0 aliphatic carbocycles. The third kappa shape index (κ3) is 4.60. The van der Waals surface area contributed by atoms with Crippen LogP contribution in [0.2, 0.25) is 0 Å². The number of nitro groups is 1. The zero-order chi connectivity index (χ0) is 15.8. The molecule has 0 unspecified atom stereocenters. The molecule has 1 aromatic carbocycles. The summed E-state index contributed by atoms with van der Waals surface area (Å²) in [4.78, 5) is 33.3. The average molecular weight is 293 g/mol. The van der Waals surface area contributed by atoms with Crippen LogP contribution in [-0.2, 0) is 9.53 Å². The molecule has 0 aliphatic heterocycles. The van der Waals surface area contributed by atoms with Crippen LogP contribution in [0.15, 0.2) is 30.9 Å². The number of carbonyl (C=O) groups is 2. The number of nitrogens with zero attached hydrogens (tertiary/aromatic N) is 1. The average Bonchev–Trinajstić information content (AvgIpc) is 2.49. The highest BCUT2D eigenvalue weighted by Gasteiger charge is 2.18. The molecule has 8 nitrogen and oxygen atoms in total. The Kier molecular flexibility index (Phi) is 5.87. The first-order valence-electron chi connectivity index (χ1n) is 6.00. The largest absolute Gasteiger partial charge is 0.452 e. The zero-order valence-corrected chi connectivity index (χ0v) is 11.4. The molecule has 0 bridgehead atoms. The van der Waals surface area contributed by atoms with Crippen molar-refractivity contribution in [2.75, 3.05) is 25.5 Å². The summed E-state index contributed by atoms with van der Waals surface area (Å²) < 4.78 is 4.77. The Labute approximate surface area is 120 Å². The van der Waals surface area contributed by atoms with E-state index >= 15 is 0 Å². The molecule has 0 atom stereocenters. The first-order chi connectivity index (χ1) is 9.99. The van der Waals surface area contributed by atoms with Crippen LogP contribution in [0.4, 0.5) is 11.4 Å². The van der Waals surface area contributed by atoms with Crippen LogP contribution in [0.1, 0.15) is 10.4 Å². The SMILES string of the molecule is C=CCNC(=O)COC(=O)c1ccc(NC)c([N+](=O)[O-])c1. The van der Waals surface area contributed by atoms with Crippen LogP contribution in [0.3, 0.4) is 0 Å². The van der Waals surface area contributed by atoms with Gasteiger partial charge in [0, 0.05) is 19.7 Å². The third-order valence-electron chi connectivity index (χ3n) is 2.48. The number of hydrogen-bond acceptors (Lipinski definition) is 6. The van der Waals surface area contributed by atoms with E-state index in [-0.39, 0.29) is 23.5 Å². The van der Waals surface area contributed by atoms with Gasteiger partial charge in [-0.25, -0.2) is 4.79 Å². The minimum absolute atomic E-state index is 0.00257. The predicted octanol–water partition coefficient (Wildman–Crippen LogP) is 1.10. The lowest BCUT2D eigenvalue weighted by Crippen LogP contribution is -2.28. The number of rotatable bonds is 7. The van der Waals surface area contributed by atoms with Gasteiger partial charge in [0.1, 0.15) is 5.69 Å². The highest BCUT2D eigenvalue weighted by molar-refractivity contribution is 5.93. The standard InChI is InChI=1S/C13H15N3O5/c1-3-6-15-12(17)8-21-13(18)9-4-5-10(14-2)11(7-9)16(19)20/h3-5,7,14H,1,6,8H2,2H3,(H,15,17). The minimum Gasteiger partial charge on any atom is -0.452 e. The van der Waals surface area contributed by atoms with Crippen LogP contribution < -0.4 is 10.6 Å². The van der Waals surface area contributed by atoms with E-state index in [1.165, 1.54) is 25.3 Å². The summed E-state index contributed by atoms with van der Waals surface area (Å²) in [5.41, 5.74) is 0.0283. The third-order valence-corrected chi connectivity index (χ3v) is 2.48. The van der Waals surface area contributed by atoms with Gasteiger partial charge in [-0.15, -0.1) is 6.58 Å². The van der Waals surface area contributed by atoms with Crippen molar-refractivity contribution in [3.8, 4) is 0 Å². The molecule has 21 heavy (non-hydrogen) atoms. The molecule has 2 N–H and O–H groups in total. The van der Waals surface area contributed by atoms with Crippen molar-refractivity contribution in [3.05, 3.63) is 46.5 Å². The van der Waals surface area contributed by atoms with Crippen LogP contribution in [0.25, 0.3) is 0 Å². The van der Waals surface area contributed by atoms with Crippen molar-refractivity contribution < 1.29 is 19.2 Å². The Morgan fingerprint density at radius 3 is 2.76 bits per heavy atom. The number of nitrogens with one attached hydrogen (secondary N) is 2. The smallest absolute Gasteiger partial charge is 0.338 e. The highest BCUT2D eigenvalue weighted by Crippen LogP contribution is 2.25. The zero-order valence-electron chi connectivity index (χ0n) is 11.4. The molecular weight excluding hydrogens is 278 g/mol. The number of benzene rings is 1. The number of esters is 1. The van der Waals surface area contributed by atoms with Crippen LogP contribution in [0.5, 0.6) is 0 Å². The number of ether oxygens (including phenoxy) is 1. The molecule has 1 aromatic rings. The van der Waals surface area contributed by atoms with Gasteiger partial charge in [-0.2, -0.15) is 0 Å². The van der Waals surface area contributed by atoms with E-state index in [2.05, 4.69) is 17.2 Å².